The smallest absolute Gasteiger partial charge is 0.251 e. The zero-order chi connectivity index (χ0) is 13.8. The van der Waals surface area contributed by atoms with Gasteiger partial charge in [-0.15, -0.1) is 0 Å². The van der Waals surface area contributed by atoms with Crippen molar-refractivity contribution in [1.82, 2.24) is 5.32 Å². The average molecular weight is 339 g/mol. The largest absolute Gasteiger partial charge is 0.348 e. The predicted molar refractivity (Wildman–Crippen MR) is 81.5 cm³/mol. The van der Waals surface area contributed by atoms with Crippen molar-refractivity contribution < 1.29 is 4.79 Å². The summed E-state index contributed by atoms with van der Waals surface area (Å²) in [5.74, 6) is -0.111. The highest BCUT2D eigenvalue weighted by Crippen LogP contribution is 2.16. The second-order valence-electron chi connectivity index (χ2n) is 4.27. The van der Waals surface area contributed by atoms with Crippen LogP contribution >= 0.6 is 27.5 Å². The first kappa shape index (κ1) is 14.1. The van der Waals surface area contributed by atoms with E-state index in [4.69, 9.17) is 11.6 Å². The molecule has 0 fully saturated rings. The Balaban J connectivity index is 2.07. The molecule has 2 aromatic carbocycles. The molecular formula is C15H13BrClNO. The third-order valence-electron chi connectivity index (χ3n) is 2.79. The Morgan fingerprint density at radius 1 is 1.26 bits per heavy atom. The Morgan fingerprint density at radius 2 is 2.05 bits per heavy atom. The third kappa shape index (κ3) is 3.82. The van der Waals surface area contributed by atoms with Crippen molar-refractivity contribution in [3.8, 4) is 0 Å². The van der Waals surface area contributed by atoms with Crippen molar-refractivity contribution in [3.63, 3.8) is 0 Å². The fourth-order valence-corrected chi connectivity index (χ4v) is 2.38. The second kappa shape index (κ2) is 6.22. The molecule has 1 N–H and O–H groups in total. The van der Waals surface area contributed by atoms with E-state index in [0.29, 0.717) is 17.1 Å². The normalized spacial score (nSPS) is 10.3. The minimum atomic E-state index is -0.111. The van der Waals surface area contributed by atoms with Gasteiger partial charge in [-0.3, -0.25) is 4.79 Å². The van der Waals surface area contributed by atoms with Gasteiger partial charge >= 0.3 is 0 Å². The van der Waals surface area contributed by atoms with Crippen LogP contribution in [0.4, 0.5) is 0 Å². The van der Waals surface area contributed by atoms with Crippen LogP contribution in [0.1, 0.15) is 21.5 Å². The van der Waals surface area contributed by atoms with E-state index in [1.54, 1.807) is 12.1 Å². The highest BCUT2D eigenvalue weighted by molar-refractivity contribution is 9.10. The van der Waals surface area contributed by atoms with Crippen molar-refractivity contribution in [2.45, 2.75) is 13.5 Å². The van der Waals surface area contributed by atoms with E-state index in [1.807, 2.05) is 37.3 Å². The topological polar surface area (TPSA) is 29.1 Å². The van der Waals surface area contributed by atoms with Crippen molar-refractivity contribution in [2.24, 2.45) is 0 Å². The van der Waals surface area contributed by atoms with Crippen LogP contribution in [0.5, 0.6) is 0 Å². The Kier molecular flexibility index (Phi) is 4.61. The van der Waals surface area contributed by atoms with Gasteiger partial charge in [0.05, 0.1) is 0 Å². The number of carbonyl (C=O) groups is 1. The molecule has 19 heavy (non-hydrogen) atoms. The molecule has 0 aromatic heterocycles. The van der Waals surface area contributed by atoms with Crippen LogP contribution in [0.25, 0.3) is 0 Å². The fourth-order valence-electron chi connectivity index (χ4n) is 1.76. The number of amides is 1. The van der Waals surface area contributed by atoms with Crippen LogP contribution in [0.15, 0.2) is 46.9 Å². The SMILES string of the molecule is Cc1ccc(Cl)cc1C(=O)NCc1cccc(Br)c1. The highest BCUT2D eigenvalue weighted by atomic mass is 79.9. The summed E-state index contributed by atoms with van der Waals surface area (Å²) < 4.78 is 0.998. The number of hydrogen-bond acceptors (Lipinski definition) is 1. The molecule has 0 atom stereocenters. The van der Waals surface area contributed by atoms with Gasteiger partial charge in [0.25, 0.3) is 5.91 Å². The van der Waals surface area contributed by atoms with E-state index in [9.17, 15) is 4.79 Å². The maximum absolute atomic E-state index is 12.1. The average Bonchev–Trinajstić information content (AvgIpc) is 2.39. The number of benzene rings is 2. The molecule has 0 radical (unpaired) electrons. The minimum Gasteiger partial charge on any atom is -0.348 e. The molecule has 0 aliphatic carbocycles. The van der Waals surface area contributed by atoms with E-state index in [2.05, 4.69) is 21.2 Å². The van der Waals surface area contributed by atoms with Gasteiger partial charge in [0, 0.05) is 21.6 Å². The summed E-state index contributed by atoms with van der Waals surface area (Å²) in [6.45, 7) is 2.38. The van der Waals surface area contributed by atoms with Gasteiger partial charge in [0.15, 0.2) is 0 Å². The first-order valence-corrected chi connectivity index (χ1v) is 7.02. The fraction of sp³-hybridized carbons (Fsp3) is 0.133. The van der Waals surface area contributed by atoms with Gasteiger partial charge in [0.2, 0.25) is 0 Å². The zero-order valence-corrected chi connectivity index (χ0v) is 12.8. The van der Waals surface area contributed by atoms with Gasteiger partial charge < -0.3 is 5.32 Å². The molecule has 0 heterocycles. The molecule has 0 aliphatic heterocycles. The Labute approximate surface area is 125 Å². The lowest BCUT2D eigenvalue weighted by atomic mass is 10.1. The molecule has 0 unspecified atom stereocenters. The first-order chi connectivity index (χ1) is 9.06. The molecule has 0 bridgehead atoms. The van der Waals surface area contributed by atoms with Crippen LogP contribution in [0, 0.1) is 6.92 Å². The molecule has 0 aliphatic rings. The summed E-state index contributed by atoms with van der Waals surface area (Å²) in [5, 5.41) is 3.46. The van der Waals surface area contributed by atoms with Gasteiger partial charge in [-0.25, -0.2) is 0 Å². The van der Waals surface area contributed by atoms with E-state index in [-0.39, 0.29) is 5.91 Å². The molecule has 98 valence electrons. The van der Waals surface area contributed by atoms with Crippen molar-refractivity contribution in [3.05, 3.63) is 68.7 Å². The quantitative estimate of drug-likeness (QED) is 0.886. The van der Waals surface area contributed by atoms with Gasteiger partial charge in [0.1, 0.15) is 0 Å². The van der Waals surface area contributed by atoms with Crippen LogP contribution in [-0.2, 0) is 6.54 Å². The summed E-state index contributed by atoms with van der Waals surface area (Å²) >= 11 is 9.32. The molecule has 4 heteroatoms. The van der Waals surface area contributed by atoms with Crippen molar-refractivity contribution in [2.75, 3.05) is 0 Å². The van der Waals surface area contributed by atoms with Gasteiger partial charge in [-0.2, -0.15) is 0 Å². The molecule has 0 spiro atoms. The number of rotatable bonds is 3. The Hall–Kier alpha value is -1.32. The number of hydrogen-bond donors (Lipinski definition) is 1. The van der Waals surface area contributed by atoms with Crippen LogP contribution in [0.2, 0.25) is 5.02 Å². The van der Waals surface area contributed by atoms with Gasteiger partial charge in [-0.1, -0.05) is 45.7 Å². The van der Waals surface area contributed by atoms with E-state index >= 15 is 0 Å². The summed E-state index contributed by atoms with van der Waals surface area (Å²) in [7, 11) is 0. The monoisotopic (exact) mass is 337 g/mol. The predicted octanol–water partition coefficient (Wildman–Crippen LogP) is 4.34. The summed E-state index contributed by atoms with van der Waals surface area (Å²) in [6, 6.07) is 13.1. The summed E-state index contributed by atoms with van der Waals surface area (Å²) in [4.78, 5) is 12.1. The summed E-state index contributed by atoms with van der Waals surface area (Å²) in [5.41, 5.74) is 2.57. The number of aryl methyl sites for hydroxylation is 1. The second-order valence-corrected chi connectivity index (χ2v) is 5.62. The minimum absolute atomic E-state index is 0.111. The van der Waals surface area contributed by atoms with E-state index < -0.39 is 0 Å². The molecule has 2 nitrogen and oxygen atoms in total. The van der Waals surface area contributed by atoms with Gasteiger partial charge in [-0.05, 0) is 42.3 Å². The molecule has 1 amide bonds. The maximum Gasteiger partial charge on any atom is 0.251 e. The molecule has 2 rings (SSSR count). The number of nitrogens with one attached hydrogen (secondary N) is 1. The molecular weight excluding hydrogens is 326 g/mol. The van der Waals surface area contributed by atoms with Crippen molar-refractivity contribution >= 4 is 33.4 Å². The highest BCUT2D eigenvalue weighted by Gasteiger charge is 2.09. The van der Waals surface area contributed by atoms with E-state index in [1.165, 1.54) is 0 Å². The first-order valence-electron chi connectivity index (χ1n) is 5.85. The Bertz CT molecular complexity index is 613. The third-order valence-corrected chi connectivity index (χ3v) is 3.51. The lowest BCUT2D eigenvalue weighted by Gasteiger charge is -2.08. The number of carbonyl (C=O) groups excluding carboxylic acids is 1. The zero-order valence-electron chi connectivity index (χ0n) is 10.4. The van der Waals surface area contributed by atoms with Crippen LogP contribution in [-0.4, -0.2) is 5.91 Å². The van der Waals surface area contributed by atoms with E-state index in [0.717, 1.165) is 15.6 Å². The van der Waals surface area contributed by atoms with Crippen LogP contribution in [0.3, 0.4) is 0 Å². The summed E-state index contributed by atoms with van der Waals surface area (Å²) in [6.07, 6.45) is 0. The molecule has 0 saturated carbocycles. The van der Waals surface area contributed by atoms with Crippen molar-refractivity contribution in [1.29, 1.82) is 0 Å². The lowest BCUT2D eigenvalue weighted by molar-refractivity contribution is 0.0950. The lowest BCUT2D eigenvalue weighted by Crippen LogP contribution is -2.23. The number of halogens is 2. The Morgan fingerprint density at radius 3 is 2.79 bits per heavy atom. The standard InChI is InChI=1S/C15H13BrClNO/c1-10-5-6-13(17)8-14(10)15(19)18-9-11-3-2-4-12(16)7-11/h2-8H,9H2,1H3,(H,18,19). The molecule has 2 aromatic rings. The molecule has 0 saturated heterocycles. The van der Waals surface area contributed by atoms with Crippen LogP contribution < -0.4 is 5.32 Å². The maximum atomic E-state index is 12.1.